The Morgan fingerprint density at radius 1 is 0.972 bits per heavy atom. The van der Waals surface area contributed by atoms with Gasteiger partial charge in [0.25, 0.3) is 15.9 Å². The second-order valence-corrected chi connectivity index (χ2v) is 12.4. The van der Waals surface area contributed by atoms with E-state index in [2.05, 4.69) is 20.0 Å². The van der Waals surface area contributed by atoms with E-state index in [9.17, 15) is 21.6 Å². The summed E-state index contributed by atoms with van der Waals surface area (Å²) in [7, 11) is -7.52. The van der Waals surface area contributed by atoms with Gasteiger partial charge in [-0.1, -0.05) is 6.92 Å². The summed E-state index contributed by atoms with van der Waals surface area (Å²) in [6.45, 7) is 4.74. The third-order valence-electron chi connectivity index (χ3n) is 5.82. The number of aryl methyl sites for hydroxylation is 1. The first-order valence-electron chi connectivity index (χ1n) is 11.4. The molecule has 36 heavy (non-hydrogen) atoms. The molecule has 0 radical (unpaired) electrons. The Balaban J connectivity index is 1.42. The van der Waals surface area contributed by atoms with Crippen LogP contribution in [0.1, 0.15) is 35.8 Å². The maximum Gasteiger partial charge on any atom is 0.264 e. The Labute approximate surface area is 210 Å². The average molecular weight is 530 g/mol. The molecule has 1 atom stereocenters. The smallest absolute Gasteiger partial charge is 0.264 e. The lowest BCUT2D eigenvalue weighted by Crippen LogP contribution is -2.39. The monoisotopic (exact) mass is 529 g/mol. The molecule has 12 heteroatoms. The maximum absolute atomic E-state index is 12.9. The van der Waals surface area contributed by atoms with E-state index < -0.39 is 26.0 Å². The quantitative estimate of drug-likeness (QED) is 0.479. The van der Waals surface area contributed by atoms with E-state index in [-0.39, 0.29) is 21.3 Å². The molecule has 1 aliphatic rings. The Kier molecular flexibility index (Phi) is 7.38. The van der Waals surface area contributed by atoms with Gasteiger partial charge >= 0.3 is 0 Å². The van der Waals surface area contributed by atoms with Crippen molar-refractivity contribution in [1.82, 2.24) is 14.3 Å². The number of hydrogen-bond acceptors (Lipinski definition) is 7. The number of nitrogens with zero attached hydrogens (tertiary/aromatic N) is 3. The van der Waals surface area contributed by atoms with Crippen LogP contribution in [0, 0.1) is 12.8 Å². The highest BCUT2D eigenvalue weighted by atomic mass is 32.2. The molecular formula is C24H27N5O5S2. The predicted molar refractivity (Wildman–Crippen MR) is 136 cm³/mol. The van der Waals surface area contributed by atoms with Crippen molar-refractivity contribution in [2.75, 3.05) is 23.1 Å². The molecule has 2 heterocycles. The highest BCUT2D eigenvalue weighted by molar-refractivity contribution is 7.92. The van der Waals surface area contributed by atoms with E-state index in [0.29, 0.717) is 30.4 Å². The van der Waals surface area contributed by atoms with Crippen LogP contribution in [0.5, 0.6) is 0 Å². The Bertz CT molecular complexity index is 1460. The third kappa shape index (κ3) is 5.89. The van der Waals surface area contributed by atoms with Crippen LogP contribution in [0.15, 0.2) is 70.6 Å². The van der Waals surface area contributed by atoms with Crippen molar-refractivity contribution in [3.8, 4) is 0 Å². The fraction of sp³-hybridized carbons (Fsp3) is 0.292. The summed E-state index contributed by atoms with van der Waals surface area (Å²) >= 11 is 0. The standard InChI is InChI=1S/C24H27N5O5S2/c1-17-4-3-15-29(16-17)36(33,34)22-9-5-19(6-10-22)23(30)27-20-7-11-21(12-8-20)35(31,32)28-24-25-14-13-18(2)26-24/h5-14,17H,3-4,15-16H2,1-2H3,(H,27,30)(H,25,26,28)/t17-/m0/s1. The number of sulfonamides is 2. The Morgan fingerprint density at radius 3 is 2.28 bits per heavy atom. The molecule has 0 bridgehead atoms. The zero-order chi connectivity index (χ0) is 25.9. The van der Waals surface area contributed by atoms with Gasteiger partial charge in [-0.2, -0.15) is 4.31 Å². The number of amides is 1. The van der Waals surface area contributed by atoms with Crippen molar-refractivity contribution in [3.05, 3.63) is 72.1 Å². The first kappa shape index (κ1) is 25.7. The van der Waals surface area contributed by atoms with E-state index in [0.717, 1.165) is 12.8 Å². The van der Waals surface area contributed by atoms with Crippen LogP contribution in [0.3, 0.4) is 0 Å². The van der Waals surface area contributed by atoms with E-state index in [1.165, 1.54) is 59.0 Å². The molecular weight excluding hydrogens is 502 g/mol. The fourth-order valence-corrected chi connectivity index (χ4v) is 6.44. The van der Waals surface area contributed by atoms with E-state index in [1.54, 1.807) is 13.0 Å². The van der Waals surface area contributed by atoms with Gasteiger partial charge in [0.1, 0.15) is 0 Å². The third-order valence-corrected chi connectivity index (χ3v) is 9.04. The summed E-state index contributed by atoms with van der Waals surface area (Å²) in [5.41, 5.74) is 1.27. The van der Waals surface area contributed by atoms with E-state index in [4.69, 9.17) is 0 Å². The van der Waals surface area contributed by atoms with Gasteiger partial charge in [-0.15, -0.1) is 0 Å². The predicted octanol–water partition coefficient (Wildman–Crippen LogP) is 3.26. The van der Waals surface area contributed by atoms with Crippen LogP contribution in [-0.4, -0.2) is 50.1 Å². The first-order chi connectivity index (χ1) is 17.0. The fourth-order valence-electron chi connectivity index (χ4n) is 3.89. The van der Waals surface area contributed by atoms with Gasteiger partial charge in [-0.3, -0.25) is 4.79 Å². The minimum atomic E-state index is -3.91. The molecule has 2 aromatic carbocycles. The first-order valence-corrected chi connectivity index (χ1v) is 14.3. The SMILES string of the molecule is Cc1ccnc(NS(=O)(=O)c2ccc(NC(=O)c3ccc(S(=O)(=O)N4CCC[C@H](C)C4)cc3)cc2)n1. The molecule has 10 nitrogen and oxygen atoms in total. The zero-order valence-corrected chi connectivity index (χ0v) is 21.5. The normalized spacial score (nSPS) is 16.9. The molecule has 1 fully saturated rings. The molecule has 0 aliphatic carbocycles. The molecule has 2 N–H and O–H groups in total. The van der Waals surface area contributed by atoms with Crippen molar-refractivity contribution in [2.24, 2.45) is 5.92 Å². The second kappa shape index (κ2) is 10.3. The second-order valence-electron chi connectivity index (χ2n) is 8.74. The van der Waals surface area contributed by atoms with Gasteiger partial charge in [-0.25, -0.2) is 31.5 Å². The largest absolute Gasteiger partial charge is 0.322 e. The van der Waals surface area contributed by atoms with Gasteiger partial charge in [0, 0.05) is 36.2 Å². The van der Waals surface area contributed by atoms with E-state index >= 15 is 0 Å². The molecule has 1 saturated heterocycles. The van der Waals surface area contributed by atoms with Crippen LogP contribution in [0.25, 0.3) is 0 Å². The molecule has 1 amide bonds. The maximum atomic E-state index is 12.9. The number of aromatic nitrogens is 2. The molecule has 190 valence electrons. The number of anilines is 2. The molecule has 0 unspecified atom stereocenters. The molecule has 0 spiro atoms. The van der Waals surface area contributed by atoms with Gasteiger partial charge in [0.2, 0.25) is 16.0 Å². The number of benzene rings is 2. The van der Waals surface area contributed by atoms with Gasteiger partial charge in [0.05, 0.1) is 9.79 Å². The van der Waals surface area contributed by atoms with Gasteiger partial charge in [0.15, 0.2) is 0 Å². The van der Waals surface area contributed by atoms with Crippen molar-refractivity contribution < 1.29 is 21.6 Å². The van der Waals surface area contributed by atoms with Crippen LogP contribution < -0.4 is 10.0 Å². The Hall–Kier alpha value is -3.35. The number of carbonyl (C=O) groups is 1. The summed E-state index contributed by atoms with van der Waals surface area (Å²) < 4.78 is 54.8. The van der Waals surface area contributed by atoms with Crippen LogP contribution in [0.4, 0.5) is 11.6 Å². The number of nitrogens with one attached hydrogen (secondary N) is 2. The zero-order valence-electron chi connectivity index (χ0n) is 19.9. The number of carbonyl (C=O) groups excluding carboxylic acids is 1. The van der Waals surface area contributed by atoms with Crippen LogP contribution in [-0.2, 0) is 20.0 Å². The minimum absolute atomic E-state index is 0.0211. The molecule has 1 aliphatic heterocycles. The summed E-state index contributed by atoms with van der Waals surface area (Å²) in [5, 5.41) is 2.68. The number of hydrogen-bond donors (Lipinski definition) is 2. The van der Waals surface area contributed by atoms with Crippen LogP contribution in [0.2, 0.25) is 0 Å². The minimum Gasteiger partial charge on any atom is -0.322 e. The summed E-state index contributed by atoms with van der Waals surface area (Å²) in [5.74, 6) is -0.174. The number of piperidine rings is 1. The highest BCUT2D eigenvalue weighted by Gasteiger charge is 2.28. The Morgan fingerprint density at radius 2 is 1.64 bits per heavy atom. The lowest BCUT2D eigenvalue weighted by molar-refractivity contribution is 0.102. The molecule has 0 saturated carbocycles. The molecule has 4 rings (SSSR count). The van der Waals surface area contributed by atoms with Crippen LogP contribution >= 0.6 is 0 Å². The van der Waals surface area contributed by atoms with E-state index in [1.807, 2.05) is 6.92 Å². The summed E-state index contributed by atoms with van der Waals surface area (Å²) in [6.07, 6.45) is 3.29. The number of rotatable bonds is 7. The summed E-state index contributed by atoms with van der Waals surface area (Å²) in [6, 6.07) is 13.0. The van der Waals surface area contributed by atoms with Crippen molar-refractivity contribution in [2.45, 2.75) is 36.5 Å². The summed E-state index contributed by atoms with van der Waals surface area (Å²) in [4.78, 5) is 20.7. The van der Waals surface area contributed by atoms with Crippen molar-refractivity contribution in [1.29, 1.82) is 0 Å². The lowest BCUT2D eigenvalue weighted by atomic mass is 10.0. The topological polar surface area (TPSA) is 138 Å². The molecule has 1 aromatic heterocycles. The van der Waals surface area contributed by atoms with Crippen molar-refractivity contribution >= 4 is 37.6 Å². The van der Waals surface area contributed by atoms with Crippen molar-refractivity contribution in [3.63, 3.8) is 0 Å². The highest BCUT2D eigenvalue weighted by Crippen LogP contribution is 2.24. The van der Waals surface area contributed by atoms with Gasteiger partial charge in [-0.05, 0) is 80.3 Å². The lowest BCUT2D eigenvalue weighted by Gasteiger charge is -2.30. The average Bonchev–Trinajstić information content (AvgIpc) is 2.84. The molecule has 3 aromatic rings. The van der Waals surface area contributed by atoms with Gasteiger partial charge < -0.3 is 5.32 Å².